The van der Waals surface area contributed by atoms with Crippen molar-refractivity contribution in [3.8, 4) is 0 Å². The van der Waals surface area contributed by atoms with E-state index in [2.05, 4.69) is 51.4 Å². The summed E-state index contributed by atoms with van der Waals surface area (Å²) in [6, 6.07) is 0. The van der Waals surface area contributed by atoms with Crippen LogP contribution in [-0.2, 0) is 21.8 Å². The van der Waals surface area contributed by atoms with Crippen molar-refractivity contribution in [1.29, 1.82) is 0 Å². The van der Waals surface area contributed by atoms with E-state index in [-0.39, 0.29) is 0 Å². The Morgan fingerprint density at radius 2 is 0.926 bits per heavy atom. The highest BCUT2D eigenvalue weighted by Gasteiger charge is 2.31. The Hall–Kier alpha value is 0.148. The van der Waals surface area contributed by atoms with Gasteiger partial charge in [0.15, 0.2) is 18.1 Å². The van der Waals surface area contributed by atoms with E-state index in [1.165, 1.54) is 10.4 Å². The number of rotatable bonds is 14. The van der Waals surface area contributed by atoms with Gasteiger partial charge in [0.1, 0.15) is 0 Å². The normalized spacial score (nSPS) is 16.5. The summed E-state index contributed by atoms with van der Waals surface area (Å²) in [5.74, 6) is 0. The molecule has 0 saturated carbocycles. The van der Waals surface area contributed by atoms with Crippen LogP contribution in [0.1, 0.15) is 41.5 Å². The van der Waals surface area contributed by atoms with Crippen molar-refractivity contribution in [3.05, 3.63) is 21.8 Å². The highest BCUT2D eigenvalue weighted by Crippen LogP contribution is 2.18. The molecule has 0 aromatic carbocycles. The van der Waals surface area contributed by atoms with Crippen molar-refractivity contribution in [2.24, 2.45) is 0 Å². The fourth-order valence-corrected chi connectivity index (χ4v) is 15.3. The molecule has 0 aliphatic rings. The average molecular weight is 451 g/mol. The van der Waals surface area contributed by atoms with Gasteiger partial charge in [-0.15, -0.1) is 0 Å². The van der Waals surface area contributed by atoms with Crippen molar-refractivity contribution in [3.63, 3.8) is 0 Å². The van der Waals surface area contributed by atoms with E-state index in [1.807, 2.05) is 27.7 Å². The fourth-order valence-electron chi connectivity index (χ4n) is 2.98. The van der Waals surface area contributed by atoms with Crippen LogP contribution in [0.4, 0.5) is 0 Å². The van der Waals surface area contributed by atoms with Crippen LogP contribution in [0, 0.1) is 0 Å². The van der Waals surface area contributed by atoms with E-state index in [0.29, 0.717) is 26.4 Å². The minimum atomic E-state index is -2.25. The molecule has 0 saturated heterocycles. The van der Waals surface area contributed by atoms with E-state index < -0.39 is 35.2 Å². The summed E-state index contributed by atoms with van der Waals surface area (Å²) < 4.78 is 30.3. The Labute approximate surface area is 173 Å². The van der Waals surface area contributed by atoms with Gasteiger partial charge in [0.05, 0.1) is 0 Å². The maximum atomic E-state index is 6.54. The summed E-state index contributed by atoms with van der Waals surface area (Å²) >= 11 is 0. The third kappa shape index (κ3) is 10.5. The largest absolute Gasteiger partial charge is 0.454 e. The first-order valence-corrected chi connectivity index (χ1v) is 19.4. The zero-order valence-corrected chi connectivity index (χ0v) is 23.5. The Kier molecular flexibility index (Phi) is 13.5. The second kappa shape index (κ2) is 13.4. The minimum absolute atomic E-state index is 0.675. The van der Waals surface area contributed by atoms with Crippen LogP contribution < -0.4 is 0 Å². The summed E-state index contributed by atoms with van der Waals surface area (Å²) in [6.07, 6.45) is 0. The predicted molar refractivity (Wildman–Crippen MR) is 124 cm³/mol. The van der Waals surface area contributed by atoms with Crippen LogP contribution in [0.15, 0.2) is 21.8 Å². The van der Waals surface area contributed by atoms with Crippen molar-refractivity contribution >= 4 is 35.2 Å². The lowest BCUT2D eigenvalue weighted by Gasteiger charge is -2.27. The van der Waals surface area contributed by atoms with Gasteiger partial charge < -0.3 is 21.8 Å². The van der Waals surface area contributed by atoms with Gasteiger partial charge in [-0.3, -0.25) is 0 Å². The molecule has 2 atom stereocenters. The smallest absolute Gasteiger partial charge is 0.361 e. The second-order valence-electron chi connectivity index (χ2n) is 6.96. The van der Waals surface area contributed by atoms with Gasteiger partial charge in [0.2, 0.25) is 0 Å². The molecule has 0 aliphatic heterocycles. The number of hydrogen-bond donors (Lipinski definition) is 0. The van der Waals surface area contributed by atoms with E-state index in [0.717, 1.165) is 0 Å². The maximum absolute atomic E-state index is 6.54. The molecule has 0 amide bonds. The molecule has 0 bridgehead atoms. The molecule has 0 aromatic rings. The third-order valence-corrected chi connectivity index (χ3v) is 16.6. The van der Waals surface area contributed by atoms with Gasteiger partial charge >= 0.3 is 17.1 Å². The van der Waals surface area contributed by atoms with E-state index in [1.54, 1.807) is 0 Å². The molecular formula is C18H42O5Si4. The number of allylic oxidation sites excluding steroid dienone is 2. The van der Waals surface area contributed by atoms with Crippen molar-refractivity contribution in [2.45, 2.75) is 67.7 Å². The van der Waals surface area contributed by atoms with Gasteiger partial charge in [-0.05, 0) is 79.1 Å². The second-order valence-corrected chi connectivity index (χ2v) is 18.2. The summed E-state index contributed by atoms with van der Waals surface area (Å²) in [7, 11) is -7.45. The summed E-state index contributed by atoms with van der Waals surface area (Å²) in [6.45, 7) is 23.8. The molecule has 0 rings (SSSR count). The Morgan fingerprint density at radius 3 is 1.15 bits per heavy atom. The predicted octanol–water partition coefficient (Wildman–Crippen LogP) is 4.05. The lowest BCUT2D eigenvalue weighted by molar-refractivity contribution is 0.200. The molecule has 0 aromatic heterocycles. The molecule has 2 unspecified atom stereocenters. The number of hydrogen-bond acceptors (Lipinski definition) is 5. The molecule has 5 nitrogen and oxygen atoms in total. The van der Waals surface area contributed by atoms with Crippen molar-refractivity contribution in [1.82, 2.24) is 0 Å². The van der Waals surface area contributed by atoms with Crippen LogP contribution in [0.2, 0.25) is 26.2 Å². The first-order chi connectivity index (χ1) is 12.6. The van der Waals surface area contributed by atoms with Crippen LogP contribution in [0.25, 0.3) is 0 Å². The molecule has 0 aliphatic carbocycles. The Balaban J connectivity index is 5.17. The fraction of sp³-hybridized carbons (Fsp3) is 0.778. The highest BCUT2D eigenvalue weighted by atomic mass is 28.4. The van der Waals surface area contributed by atoms with Crippen LogP contribution in [0.3, 0.4) is 0 Å². The van der Waals surface area contributed by atoms with E-state index in [9.17, 15) is 0 Å². The quantitative estimate of drug-likeness (QED) is 0.374. The van der Waals surface area contributed by atoms with Crippen LogP contribution >= 0.6 is 0 Å². The lowest BCUT2D eigenvalue weighted by Crippen LogP contribution is -2.40. The summed E-state index contributed by atoms with van der Waals surface area (Å²) in [5.41, 5.74) is 4.46. The molecule has 9 heteroatoms. The van der Waals surface area contributed by atoms with Gasteiger partial charge in [0.25, 0.3) is 0 Å². The minimum Gasteiger partial charge on any atom is -0.454 e. The first kappa shape index (κ1) is 27.1. The lowest BCUT2D eigenvalue weighted by atomic mass is 10.7. The first-order valence-electron chi connectivity index (χ1n) is 10.2. The zero-order valence-electron chi connectivity index (χ0n) is 19.2. The van der Waals surface area contributed by atoms with Gasteiger partial charge in [0, 0.05) is 26.4 Å². The highest BCUT2D eigenvalue weighted by molar-refractivity contribution is 6.78. The molecule has 0 spiro atoms. The molecule has 27 heavy (non-hydrogen) atoms. The molecule has 160 valence electrons. The third-order valence-electron chi connectivity index (χ3n) is 4.39. The topological polar surface area (TPSA) is 46.2 Å². The van der Waals surface area contributed by atoms with Gasteiger partial charge in [-0.1, -0.05) is 10.4 Å². The van der Waals surface area contributed by atoms with Gasteiger partial charge in [-0.25, -0.2) is 0 Å². The van der Waals surface area contributed by atoms with E-state index >= 15 is 0 Å². The summed E-state index contributed by atoms with van der Waals surface area (Å²) in [4.78, 5) is 0. The van der Waals surface area contributed by atoms with E-state index in [4.69, 9.17) is 21.8 Å². The monoisotopic (exact) mass is 450 g/mol. The standard InChI is InChI=1S/C18H42O5Si4/c1-11-19-26(9,20-12-2)15-17(5)24(7)23-25(8)18(6)16-27(10,21-13-3)22-14-4/h15-16,24-25H,11-14H2,1-10H3/b17-15+,18-16+. The zero-order chi connectivity index (χ0) is 21.1. The molecule has 0 fully saturated rings. The van der Waals surface area contributed by atoms with Gasteiger partial charge in [-0.2, -0.15) is 0 Å². The van der Waals surface area contributed by atoms with Crippen LogP contribution in [0.5, 0.6) is 0 Å². The Morgan fingerprint density at radius 1 is 0.667 bits per heavy atom. The van der Waals surface area contributed by atoms with Crippen molar-refractivity contribution < 1.29 is 21.8 Å². The average Bonchev–Trinajstić information content (AvgIpc) is 2.54. The SMILES string of the molecule is CCO[Si](C)(/C=C(\C)[SiH](C)O[SiH](C)/C(C)=C/[Si](C)(OCC)OCC)OCC. The van der Waals surface area contributed by atoms with Crippen LogP contribution in [-0.4, -0.2) is 61.6 Å². The maximum Gasteiger partial charge on any atom is 0.361 e. The molecule has 0 N–H and O–H groups in total. The molecule has 0 heterocycles. The summed E-state index contributed by atoms with van der Waals surface area (Å²) in [5, 5.41) is 2.63. The molecular weight excluding hydrogens is 409 g/mol. The molecule has 0 radical (unpaired) electrons. The van der Waals surface area contributed by atoms with Crippen molar-refractivity contribution in [2.75, 3.05) is 26.4 Å². The Bertz CT molecular complexity index is 430.